The van der Waals surface area contributed by atoms with Gasteiger partial charge in [-0.25, -0.2) is 9.97 Å². The van der Waals surface area contributed by atoms with Crippen molar-refractivity contribution in [3.05, 3.63) is 108 Å². The third kappa shape index (κ3) is 7.29. The molecule has 4 aromatic carbocycles. The van der Waals surface area contributed by atoms with E-state index in [2.05, 4.69) is 20.6 Å². The fourth-order valence-electron chi connectivity index (χ4n) is 4.32. The Kier molecular flexibility index (Phi) is 9.31. The van der Waals surface area contributed by atoms with Crippen molar-refractivity contribution in [1.82, 2.24) is 9.97 Å². The average Bonchev–Trinajstić information content (AvgIpc) is 3.06. The van der Waals surface area contributed by atoms with Crippen molar-refractivity contribution < 1.29 is 28.5 Å². The number of hydrogen-bond donors (Lipinski definition) is 2. The maximum atomic E-state index is 12.7. The van der Waals surface area contributed by atoms with Gasteiger partial charge in [0.25, 0.3) is 5.91 Å². The predicted octanol–water partition coefficient (Wildman–Crippen LogP) is 6.31. The van der Waals surface area contributed by atoms with Crippen LogP contribution in [0.4, 0.5) is 17.2 Å². The molecule has 5 aromatic rings. The van der Waals surface area contributed by atoms with Crippen LogP contribution in [0.3, 0.4) is 0 Å². The highest BCUT2D eigenvalue weighted by atomic mass is 16.5. The zero-order valence-corrected chi connectivity index (χ0v) is 24.4. The standard InChI is InChI=1S/C34H30N4O6/c1-41-26-14-12-25(13-15-26)38-34-28-18-32(31(43-3)19-29(28)35-21-36-34)44-20-33(40)37-24-10-8-23(9-11-24)30(39)16-7-22-5-4-6-27(17-22)42-2/h4-19,21H,20H2,1-3H3,(H,37,40)(H,35,36,38)/b16-7+. The molecule has 0 saturated carbocycles. The van der Waals surface area contributed by atoms with E-state index >= 15 is 0 Å². The fraction of sp³-hybridized carbons (Fsp3) is 0.118. The molecule has 1 aromatic heterocycles. The van der Waals surface area contributed by atoms with Crippen molar-refractivity contribution in [3.8, 4) is 23.0 Å². The number of carbonyl (C=O) groups is 2. The average molecular weight is 591 g/mol. The van der Waals surface area contributed by atoms with E-state index in [4.69, 9.17) is 18.9 Å². The van der Waals surface area contributed by atoms with Gasteiger partial charge in [-0.1, -0.05) is 18.2 Å². The van der Waals surface area contributed by atoms with Gasteiger partial charge < -0.3 is 29.6 Å². The van der Waals surface area contributed by atoms with Crippen LogP contribution in [0.1, 0.15) is 15.9 Å². The van der Waals surface area contributed by atoms with Crippen LogP contribution in [-0.4, -0.2) is 49.6 Å². The zero-order chi connectivity index (χ0) is 30.9. The monoisotopic (exact) mass is 590 g/mol. The van der Waals surface area contributed by atoms with Gasteiger partial charge in [-0.2, -0.15) is 0 Å². The maximum Gasteiger partial charge on any atom is 0.262 e. The van der Waals surface area contributed by atoms with Crippen LogP contribution in [-0.2, 0) is 4.79 Å². The molecule has 10 nitrogen and oxygen atoms in total. The Balaban J connectivity index is 1.22. The number of rotatable bonds is 12. The number of amides is 1. The Morgan fingerprint density at radius 1 is 0.773 bits per heavy atom. The van der Waals surface area contributed by atoms with Gasteiger partial charge in [0.1, 0.15) is 23.6 Å². The Bertz CT molecular complexity index is 1800. The summed E-state index contributed by atoms with van der Waals surface area (Å²) >= 11 is 0. The molecule has 0 unspecified atom stereocenters. The van der Waals surface area contributed by atoms with Gasteiger partial charge in [0.05, 0.1) is 26.8 Å². The Morgan fingerprint density at radius 3 is 2.25 bits per heavy atom. The topological polar surface area (TPSA) is 121 Å². The third-order valence-corrected chi connectivity index (χ3v) is 6.61. The number of hydrogen-bond acceptors (Lipinski definition) is 9. The number of methoxy groups -OCH3 is 3. The molecule has 1 amide bonds. The first-order chi connectivity index (χ1) is 21.4. The number of fused-ring (bicyclic) bond motifs is 1. The van der Waals surface area contributed by atoms with E-state index in [1.165, 1.54) is 19.5 Å². The Hall–Kier alpha value is -5.90. The summed E-state index contributed by atoms with van der Waals surface area (Å²) in [5, 5.41) is 6.74. The van der Waals surface area contributed by atoms with Gasteiger partial charge in [0, 0.05) is 28.4 Å². The molecule has 0 bridgehead atoms. The van der Waals surface area contributed by atoms with Gasteiger partial charge in [-0.05, 0) is 78.4 Å². The maximum absolute atomic E-state index is 12.7. The number of aromatic nitrogens is 2. The second-order valence-corrected chi connectivity index (χ2v) is 9.48. The van der Waals surface area contributed by atoms with Crippen LogP contribution in [0.2, 0.25) is 0 Å². The predicted molar refractivity (Wildman–Crippen MR) is 169 cm³/mol. The lowest BCUT2D eigenvalue weighted by Gasteiger charge is -2.14. The van der Waals surface area contributed by atoms with Crippen LogP contribution < -0.4 is 29.6 Å². The first-order valence-corrected chi connectivity index (χ1v) is 13.6. The first-order valence-electron chi connectivity index (χ1n) is 13.6. The Morgan fingerprint density at radius 2 is 1.52 bits per heavy atom. The molecule has 0 spiro atoms. The normalized spacial score (nSPS) is 10.8. The SMILES string of the molecule is COc1ccc(Nc2ncnc3cc(OC)c(OCC(=O)Nc4ccc(C(=O)/C=C/c5cccc(OC)c5)cc4)cc23)cc1. The van der Waals surface area contributed by atoms with Gasteiger partial charge in [0.15, 0.2) is 23.9 Å². The molecule has 10 heteroatoms. The number of carbonyl (C=O) groups excluding carboxylic acids is 2. The Labute approximate surface area is 254 Å². The molecule has 0 aliphatic carbocycles. The minimum Gasteiger partial charge on any atom is -0.497 e. The molecular weight excluding hydrogens is 560 g/mol. The molecule has 2 N–H and O–H groups in total. The molecule has 0 aliphatic heterocycles. The van der Waals surface area contributed by atoms with Crippen molar-refractivity contribution >= 4 is 45.9 Å². The van der Waals surface area contributed by atoms with E-state index in [1.54, 1.807) is 56.7 Å². The van der Waals surface area contributed by atoms with Crippen molar-refractivity contribution in [1.29, 1.82) is 0 Å². The van der Waals surface area contributed by atoms with Crippen LogP contribution in [0.15, 0.2) is 97.3 Å². The fourth-order valence-corrected chi connectivity index (χ4v) is 4.32. The number of allylic oxidation sites excluding steroid dienone is 1. The lowest BCUT2D eigenvalue weighted by Crippen LogP contribution is -2.20. The first kappa shape index (κ1) is 29.6. The second kappa shape index (κ2) is 13.8. The number of ketones is 1. The van der Waals surface area contributed by atoms with Crippen molar-refractivity contribution in [2.45, 2.75) is 0 Å². The summed E-state index contributed by atoms with van der Waals surface area (Å²) in [5.74, 6) is 2.24. The molecule has 44 heavy (non-hydrogen) atoms. The summed E-state index contributed by atoms with van der Waals surface area (Å²) in [5.41, 5.74) is 3.31. The van der Waals surface area contributed by atoms with Gasteiger partial charge >= 0.3 is 0 Å². The number of anilines is 3. The quantitative estimate of drug-likeness (QED) is 0.127. The molecule has 0 fully saturated rings. The van der Waals surface area contributed by atoms with Crippen LogP contribution in [0.25, 0.3) is 17.0 Å². The van der Waals surface area contributed by atoms with Gasteiger partial charge in [0.2, 0.25) is 0 Å². The summed E-state index contributed by atoms with van der Waals surface area (Å²) < 4.78 is 21.8. The van der Waals surface area contributed by atoms with Gasteiger partial charge in [-0.15, -0.1) is 0 Å². The number of benzene rings is 4. The summed E-state index contributed by atoms with van der Waals surface area (Å²) in [6.45, 7) is -0.277. The molecular formula is C34H30N4O6. The van der Waals surface area contributed by atoms with Gasteiger partial charge in [-0.3, -0.25) is 9.59 Å². The number of nitrogens with zero attached hydrogens (tertiary/aromatic N) is 2. The largest absolute Gasteiger partial charge is 0.497 e. The number of ether oxygens (including phenoxy) is 4. The minimum atomic E-state index is -0.384. The van der Waals surface area contributed by atoms with Crippen molar-refractivity contribution in [3.63, 3.8) is 0 Å². The van der Waals surface area contributed by atoms with Crippen LogP contribution in [0.5, 0.6) is 23.0 Å². The highest BCUT2D eigenvalue weighted by Gasteiger charge is 2.14. The third-order valence-electron chi connectivity index (χ3n) is 6.61. The van der Waals surface area contributed by atoms with E-state index in [0.717, 1.165) is 17.0 Å². The summed E-state index contributed by atoms with van der Waals surface area (Å²) in [6.07, 6.45) is 4.68. The van der Waals surface area contributed by atoms with Crippen LogP contribution in [0, 0.1) is 0 Å². The molecule has 222 valence electrons. The molecule has 1 heterocycles. The van der Waals surface area contributed by atoms with Crippen molar-refractivity contribution in [2.24, 2.45) is 0 Å². The van der Waals surface area contributed by atoms with E-state index in [0.29, 0.717) is 45.2 Å². The molecule has 5 rings (SSSR count). The smallest absolute Gasteiger partial charge is 0.262 e. The second-order valence-electron chi connectivity index (χ2n) is 9.48. The zero-order valence-electron chi connectivity index (χ0n) is 24.4. The highest BCUT2D eigenvalue weighted by Crippen LogP contribution is 2.35. The number of nitrogens with one attached hydrogen (secondary N) is 2. The minimum absolute atomic E-state index is 0.165. The van der Waals surface area contributed by atoms with Crippen LogP contribution >= 0.6 is 0 Å². The molecule has 0 saturated heterocycles. The van der Waals surface area contributed by atoms with E-state index in [1.807, 2.05) is 48.5 Å². The summed E-state index contributed by atoms with van der Waals surface area (Å²) in [7, 11) is 4.72. The van der Waals surface area contributed by atoms with E-state index in [-0.39, 0.29) is 18.3 Å². The lowest BCUT2D eigenvalue weighted by atomic mass is 10.1. The summed E-state index contributed by atoms with van der Waals surface area (Å²) in [6, 6.07) is 24.9. The lowest BCUT2D eigenvalue weighted by molar-refractivity contribution is -0.118. The molecule has 0 atom stereocenters. The van der Waals surface area contributed by atoms with E-state index < -0.39 is 0 Å². The molecule has 0 aliphatic rings. The van der Waals surface area contributed by atoms with Crippen molar-refractivity contribution in [2.75, 3.05) is 38.6 Å². The highest BCUT2D eigenvalue weighted by molar-refractivity contribution is 6.07. The molecule has 0 radical (unpaired) electrons. The summed E-state index contributed by atoms with van der Waals surface area (Å²) in [4.78, 5) is 34.1. The van der Waals surface area contributed by atoms with E-state index in [9.17, 15) is 9.59 Å².